The van der Waals surface area contributed by atoms with Crippen LogP contribution in [0.1, 0.15) is 36.1 Å². The Kier molecular flexibility index (Phi) is 6.64. The summed E-state index contributed by atoms with van der Waals surface area (Å²) in [5.41, 5.74) is 4.82. The highest BCUT2D eigenvalue weighted by Crippen LogP contribution is 2.19. The zero-order chi connectivity index (χ0) is 21.0. The summed E-state index contributed by atoms with van der Waals surface area (Å²) in [6.07, 6.45) is 3.58. The van der Waals surface area contributed by atoms with E-state index in [1.54, 1.807) is 6.20 Å². The number of aromatic amines is 1. The second-order valence-corrected chi connectivity index (χ2v) is 8.35. The Morgan fingerprint density at radius 1 is 1.24 bits per heavy atom. The molecule has 0 saturated heterocycles. The predicted molar refractivity (Wildman–Crippen MR) is 123 cm³/mol. The lowest BCUT2D eigenvalue weighted by molar-refractivity contribution is 0.393. The minimum Gasteiger partial charge on any atom is -0.362 e. The van der Waals surface area contributed by atoms with Crippen molar-refractivity contribution in [1.82, 2.24) is 20.2 Å². The summed E-state index contributed by atoms with van der Waals surface area (Å²) in [6.45, 7) is 10.2. The van der Waals surface area contributed by atoms with Crippen LogP contribution in [0.5, 0.6) is 0 Å². The molecule has 152 valence electrons. The molecule has 3 aromatic rings. The number of fused-ring (bicyclic) bond motifs is 1. The first kappa shape index (κ1) is 21.0. The van der Waals surface area contributed by atoms with Crippen molar-refractivity contribution in [2.24, 2.45) is 5.92 Å². The zero-order valence-corrected chi connectivity index (χ0v) is 18.3. The molecule has 0 saturated carbocycles. The largest absolute Gasteiger partial charge is 0.362 e. The van der Waals surface area contributed by atoms with E-state index >= 15 is 0 Å². The van der Waals surface area contributed by atoms with Gasteiger partial charge in [0.15, 0.2) is 5.11 Å². The molecule has 0 aliphatic heterocycles. The molecule has 0 aliphatic carbocycles. The Hall–Kier alpha value is -2.73. The molecule has 0 spiro atoms. The van der Waals surface area contributed by atoms with Gasteiger partial charge in [0, 0.05) is 41.9 Å². The van der Waals surface area contributed by atoms with Crippen LogP contribution in [-0.2, 0) is 13.1 Å². The predicted octanol–water partition coefficient (Wildman–Crippen LogP) is 4.07. The molecule has 2 N–H and O–H groups in total. The van der Waals surface area contributed by atoms with Crippen LogP contribution in [0.25, 0.3) is 10.9 Å². The highest BCUT2D eigenvalue weighted by atomic mass is 32.1. The summed E-state index contributed by atoms with van der Waals surface area (Å²) in [6, 6.07) is 10.1. The van der Waals surface area contributed by atoms with Crippen molar-refractivity contribution in [3.05, 3.63) is 75.3 Å². The molecule has 0 amide bonds. The van der Waals surface area contributed by atoms with Gasteiger partial charge in [-0.15, -0.1) is 0 Å². The fourth-order valence-electron chi connectivity index (χ4n) is 3.35. The Morgan fingerprint density at radius 2 is 2.03 bits per heavy atom. The van der Waals surface area contributed by atoms with Crippen molar-refractivity contribution in [3.8, 4) is 0 Å². The Labute approximate surface area is 177 Å². The molecule has 3 rings (SSSR count). The lowest BCUT2D eigenvalue weighted by Crippen LogP contribution is -2.41. The molecule has 1 aromatic carbocycles. The Balaban J connectivity index is 1.92. The molecule has 0 atom stereocenters. The first-order valence-electron chi connectivity index (χ1n) is 9.88. The van der Waals surface area contributed by atoms with E-state index in [-0.39, 0.29) is 5.56 Å². The zero-order valence-electron chi connectivity index (χ0n) is 17.5. The molecule has 2 aromatic heterocycles. The van der Waals surface area contributed by atoms with Crippen LogP contribution in [0.4, 0.5) is 0 Å². The molecule has 0 unspecified atom stereocenters. The van der Waals surface area contributed by atoms with Crippen LogP contribution in [0.15, 0.2) is 47.5 Å². The van der Waals surface area contributed by atoms with Crippen molar-refractivity contribution in [3.63, 3.8) is 0 Å². The maximum Gasteiger partial charge on any atom is 0.253 e. The van der Waals surface area contributed by atoms with E-state index in [4.69, 9.17) is 12.2 Å². The Morgan fingerprint density at radius 3 is 2.72 bits per heavy atom. The number of H-pyrrole nitrogens is 1. The van der Waals surface area contributed by atoms with Crippen molar-refractivity contribution in [2.45, 2.75) is 40.8 Å². The second-order valence-electron chi connectivity index (χ2n) is 7.96. The van der Waals surface area contributed by atoms with E-state index in [2.05, 4.69) is 42.1 Å². The lowest BCUT2D eigenvalue weighted by atomic mass is 10.0. The number of benzene rings is 1. The standard InChI is InChI=1S/C23H28N4OS/c1-15(2)11-25-23(29)27(13-18-6-5-7-24-12-18)14-19-10-20-17(4)8-16(3)9-21(20)26-22(19)28/h5-10,12,15H,11,13-14H2,1-4H3,(H,25,29)(H,26,28). The van der Waals surface area contributed by atoms with E-state index in [0.717, 1.165) is 34.1 Å². The average molecular weight is 409 g/mol. The normalized spacial score (nSPS) is 11.1. The van der Waals surface area contributed by atoms with Crippen LogP contribution >= 0.6 is 12.2 Å². The number of pyridine rings is 2. The van der Waals surface area contributed by atoms with E-state index in [9.17, 15) is 4.79 Å². The topological polar surface area (TPSA) is 61.0 Å². The average Bonchev–Trinajstić information content (AvgIpc) is 2.67. The molecular formula is C23H28N4OS. The SMILES string of the molecule is Cc1cc(C)c2cc(CN(Cc3cccnc3)C(=S)NCC(C)C)c(=O)[nH]c2c1. The third kappa shape index (κ3) is 5.41. The maximum absolute atomic E-state index is 12.8. The van der Waals surface area contributed by atoms with Gasteiger partial charge in [0.25, 0.3) is 5.56 Å². The van der Waals surface area contributed by atoms with Crippen LogP contribution in [0, 0.1) is 19.8 Å². The van der Waals surface area contributed by atoms with Gasteiger partial charge < -0.3 is 15.2 Å². The van der Waals surface area contributed by atoms with Gasteiger partial charge in [-0.1, -0.05) is 26.0 Å². The van der Waals surface area contributed by atoms with E-state index in [0.29, 0.717) is 29.7 Å². The molecule has 0 radical (unpaired) electrons. The van der Waals surface area contributed by atoms with Gasteiger partial charge in [-0.3, -0.25) is 9.78 Å². The highest BCUT2D eigenvalue weighted by Gasteiger charge is 2.15. The number of hydrogen-bond acceptors (Lipinski definition) is 3. The van der Waals surface area contributed by atoms with E-state index in [1.165, 1.54) is 0 Å². The number of aryl methyl sites for hydroxylation is 2. The fourth-order valence-corrected chi connectivity index (χ4v) is 3.57. The first-order valence-corrected chi connectivity index (χ1v) is 10.3. The van der Waals surface area contributed by atoms with Crippen LogP contribution in [-0.4, -0.2) is 26.5 Å². The van der Waals surface area contributed by atoms with Gasteiger partial charge >= 0.3 is 0 Å². The molecular weight excluding hydrogens is 380 g/mol. The molecule has 6 heteroatoms. The van der Waals surface area contributed by atoms with Crippen LogP contribution < -0.4 is 10.9 Å². The maximum atomic E-state index is 12.8. The van der Waals surface area contributed by atoms with E-state index < -0.39 is 0 Å². The molecule has 5 nitrogen and oxygen atoms in total. The summed E-state index contributed by atoms with van der Waals surface area (Å²) in [5.74, 6) is 0.475. The summed E-state index contributed by atoms with van der Waals surface area (Å²) in [4.78, 5) is 22.0. The van der Waals surface area contributed by atoms with Crippen molar-refractivity contribution in [1.29, 1.82) is 0 Å². The molecule has 0 fully saturated rings. The fraction of sp³-hybridized carbons (Fsp3) is 0.348. The number of thiocarbonyl (C=S) groups is 1. The van der Waals surface area contributed by atoms with Crippen LogP contribution in [0.2, 0.25) is 0 Å². The quantitative estimate of drug-likeness (QED) is 0.602. The summed E-state index contributed by atoms with van der Waals surface area (Å²) >= 11 is 5.66. The number of nitrogens with one attached hydrogen (secondary N) is 2. The molecule has 0 aliphatic rings. The van der Waals surface area contributed by atoms with Gasteiger partial charge in [-0.25, -0.2) is 0 Å². The van der Waals surface area contributed by atoms with Gasteiger partial charge in [0.2, 0.25) is 0 Å². The number of rotatable bonds is 6. The monoisotopic (exact) mass is 408 g/mol. The summed E-state index contributed by atoms with van der Waals surface area (Å²) in [7, 11) is 0. The van der Waals surface area contributed by atoms with Crippen LogP contribution in [0.3, 0.4) is 0 Å². The molecule has 0 bridgehead atoms. The number of aromatic nitrogens is 2. The van der Waals surface area contributed by atoms with Gasteiger partial charge in [0.05, 0.1) is 6.54 Å². The van der Waals surface area contributed by atoms with Gasteiger partial charge in [0.1, 0.15) is 0 Å². The summed E-state index contributed by atoms with van der Waals surface area (Å²) in [5, 5.41) is 5.03. The van der Waals surface area contributed by atoms with Crippen molar-refractivity contribution in [2.75, 3.05) is 6.54 Å². The van der Waals surface area contributed by atoms with Gasteiger partial charge in [-0.2, -0.15) is 0 Å². The lowest BCUT2D eigenvalue weighted by Gasteiger charge is -2.26. The smallest absolute Gasteiger partial charge is 0.253 e. The highest BCUT2D eigenvalue weighted by molar-refractivity contribution is 7.80. The van der Waals surface area contributed by atoms with Gasteiger partial charge in [-0.05, 0) is 66.9 Å². The minimum atomic E-state index is -0.0784. The first-order chi connectivity index (χ1) is 13.8. The Bertz CT molecular complexity index is 1060. The molecule has 2 heterocycles. The minimum absolute atomic E-state index is 0.0784. The number of hydrogen-bond donors (Lipinski definition) is 2. The van der Waals surface area contributed by atoms with E-state index in [1.807, 2.05) is 42.3 Å². The summed E-state index contributed by atoms with van der Waals surface area (Å²) < 4.78 is 0. The third-order valence-corrected chi connectivity index (χ3v) is 5.20. The van der Waals surface area contributed by atoms with Crippen molar-refractivity contribution < 1.29 is 0 Å². The second kappa shape index (κ2) is 9.18. The van der Waals surface area contributed by atoms with Crippen molar-refractivity contribution >= 4 is 28.2 Å². The third-order valence-electron chi connectivity index (χ3n) is 4.80. The number of nitrogens with zero attached hydrogens (tertiary/aromatic N) is 2. The molecule has 29 heavy (non-hydrogen) atoms.